The summed E-state index contributed by atoms with van der Waals surface area (Å²) in [4.78, 5) is 12.0. The second-order valence-electron chi connectivity index (χ2n) is 6.08. The standard InChI is InChI=1S/C21H27N3O4/c1-5-9-24-21(25)16(22)10-13-7-6-8-15(19(13)23)14-11-17(26-2)20(28-4)18(12-14)27-3/h6-8,10-12H,5,9,22-23H2,1-4H3,(H,24,25)/b16-10-. The van der Waals surface area contributed by atoms with E-state index in [-0.39, 0.29) is 11.6 Å². The lowest BCUT2D eigenvalue weighted by molar-refractivity contribution is -0.117. The zero-order chi connectivity index (χ0) is 20.7. The van der Waals surface area contributed by atoms with Gasteiger partial charge in [0.15, 0.2) is 11.5 Å². The predicted molar refractivity (Wildman–Crippen MR) is 111 cm³/mol. The minimum absolute atomic E-state index is 0.0993. The van der Waals surface area contributed by atoms with Crippen LogP contribution in [-0.2, 0) is 4.79 Å². The van der Waals surface area contributed by atoms with Gasteiger partial charge in [-0.3, -0.25) is 4.79 Å². The van der Waals surface area contributed by atoms with Crippen molar-refractivity contribution >= 4 is 17.7 Å². The van der Waals surface area contributed by atoms with Crippen LogP contribution in [0.15, 0.2) is 36.0 Å². The molecule has 7 nitrogen and oxygen atoms in total. The van der Waals surface area contributed by atoms with E-state index in [1.807, 2.05) is 31.2 Å². The van der Waals surface area contributed by atoms with Crippen LogP contribution in [0.3, 0.4) is 0 Å². The van der Waals surface area contributed by atoms with Gasteiger partial charge in [-0.1, -0.05) is 25.1 Å². The van der Waals surface area contributed by atoms with Gasteiger partial charge < -0.3 is 31.0 Å². The molecule has 0 aliphatic carbocycles. The first kappa shape index (κ1) is 21.0. The third kappa shape index (κ3) is 4.49. The summed E-state index contributed by atoms with van der Waals surface area (Å²) in [5, 5.41) is 2.74. The van der Waals surface area contributed by atoms with Gasteiger partial charge in [-0.25, -0.2) is 0 Å². The molecular weight excluding hydrogens is 358 g/mol. The summed E-state index contributed by atoms with van der Waals surface area (Å²) in [6.45, 7) is 2.54. The fourth-order valence-electron chi connectivity index (χ4n) is 2.77. The zero-order valence-corrected chi connectivity index (χ0v) is 16.7. The van der Waals surface area contributed by atoms with Gasteiger partial charge >= 0.3 is 0 Å². The number of hydrogen-bond acceptors (Lipinski definition) is 6. The number of amides is 1. The van der Waals surface area contributed by atoms with E-state index in [1.165, 1.54) is 0 Å². The monoisotopic (exact) mass is 385 g/mol. The summed E-state index contributed by atoms with van der Waals surface area (Å²) in [6.07, 6.45) is 2.40. The first-order valence-corrected chi connectivity index (χ1v) is 8.91. The highest BCUT2D eigenvalue weighted by Gasteiger charge is 2.16. The number of carbonyl (C=O) groups excluding carboxylic acids is 1. The van der Waals surface area contributed by atoms with Gasteiger partial charge in [0, 0.05) is 23.4 Å². The topological polar surface area (TPSA) is 109 Å². The Morgan fingerprint density at radius 3 is 2.29 bits per heavy atom. The van der Waals surface area contributed by atoms with Gasteiger partial charge in [0.25, 0.3) is 5.91 Å². The number of ether oxygens (including phenoxy) is 3. The number of anilines is 1. The lowest BCUT2D eigenvalue weighted by atomic mass is 9.99. The van der Waals surface area contributed by atoms with Crippen molar-refractivity contribution in [3.05, 3.63) is 41.6 Å². The van der Waals surface area contributed by atoms with Crippen molar-refractivity contribution in [2.24, 2.45) is 5.73 Å². The van der Waals surface area contributed by atoms with Gasteiger partial charge in [-0.05, 0) is 30.2 Å². The maximum Gasteiger partial charge on any atom is 0.267 e. The van der Waals surface area contributed by atoms with Gasteiger partial charge in [0.05, 0.1) is 27.0 Å². The molecule has 0 heterocycles. The number of carbonyl (C=O) groups is 1. The van der Waals surface area contributed by atoms with Crippen LogP contribution in [0.25, 0.3) is 17.2 Å². The number of nitrogens with two attached hydrogens (primary N) is 2. The third-order valence-electron chi connectivity index (χ3n) is 4.22. The highest BCUT2D eigenvalue weighted by atomic mass is 16.5. The molecular formula is C21H27N3O4. The number of methoxy groups -OCH3 is 3. The van der Waals surface area contributed by atoms with Crippen LogP contribution in [0.4, 0.5) is 5.69 Å². The summed E-state index contributed by atoms with van der Waals surface area (Å²) < 4.78 is 16.2. The number of rotatable bonds is 8. The van der Waals surface area contributed by atoms with Crippen molar-refractivity contribution < 1.29 is 19.0 Å². The van der Waals surface area contributed by atoms with E-state index in [0.29, 0.717) is 35.0 Å². The molecule has 0 aliphatic rings. The molecule has 0 saturated carbocycles. The van der Waals surface area contributed by atoms with Gasteiger partial charge in [0.2, 0.25) is 5.75 Å². The molecule has 0 saturated heterocycles. The number of benzene rings is 2. The summed E-state index contributed by atoms with van der Waals surface area (Å²) >= 11 is 0. The number of hydrogen-bond donors (Lipinski definition) is 3. The quantitative estimate of drug-likeness (QED) is 0.476. The SMILES string of the molecule is CCCNC(=O)/C(N)=C/c1cccc(-c2cc(OC)c(OC)c(OC)c2)c1N. The minimum Gasteiger partial charge on any atom is -0.493 e. The Hall–Kier alpha value is -3.35. The highest BCUT2D eigenvalue weighted by molar-refractivity contribution is 5.98. The van der Waals surface area contributed by atoms with Gasteiger partial charge in [-0.2, -0.15) is 0 Å². The molecule has 7 heteroatoms. The van der Waals surface area contributed by atoms with Crippen LogP contribution in [-0.4, -0.2) is 33.8 Å². The Morgan fingerprint density at radius 2 is 1.75 bits per heavy atom. The van der Waals surface area contributed by atoms with Gasteiger partial charge in [-0.15, -0.1) is 0 Å². The zero-order valence-electron chi connectivity index (χ0n) is 16.7. The lowest BCUT2D eigenvalue weighted by Gasteiger charge is -2.16. The van der Waals surface area contributed by atoms with E-state index < -0.39 is 0 Å². The molecule has 0 spiro atoms. The Labute approximate surface area is 165 Å². The molecule has 2 aromatic carbocycles. The third-order valence-corrected chi connectivity index (χ3v) is 4.22. The maximum atomic E-state index is 12.0. The number of nitrogens with one attached hydrogen (secondary N) is 1. The van der Waals surface area contributed by atoms with Crippen molar-refractivity contribution in [2.75, 3.05) is 33.6 Å². The van der Waals surface area contributed by atoms with Crippen molar-refractivity contribution in [1.29, 1.82) is 0 Å². The first-order valence-electron chi connectivity index (χ1n) is 8.91. The molecule has 1 amide bonds. The molecule has 5 N–H and O–H groups in total. The number of nitrogen functional groups attached to an aromatic ring is 1. The Balaban J connectivity index is 2.49. The van der Waals surface area contributed by atoms with Crippen LogP contribution in [0.2, 0.25) is 0 Å². The van der Waals surface area contributed by atoms with Crippen LogP contribution >= 0.6 is 0 Å². The van der Waals surface area contributed by atoms with E-state index in [1.54, 1.807) is 33.5 Å². The Kier molecular flexibility index (Phi) is 7.14. The van der Waals surface area contributed by atoms with Crippen LogP contribution in [0.5, 0.6) is 17.2 Å². The second-order valence-corrected chi connectivity index (χ2v) is 6.08. The normalized spacial score (nSPS) is 11.1. The Bertz CT molecular complexity index is 853. The summed E-state index contributed by atoms with van der Waals surface area (Å²) in [5.74, 6) is 1.23. The van der Waals surface area contributed by atoms with Crippen LogP contribution in [0.1, 0.15) is 18.9 Å². The molecule has 0 aromatic heterocycles. The largest absolute Gasteiger partial charge is 0.493 e. The summed E-state index contributed by atoms with van der Waals surface area (Å²) in [5.41, 5.74) is 15.1. The molecule has 150 valence electrons. The van der Waals surface area contributed by atoms with Crippen LogP contribution < -0.4 is 31.0 Å². The lowest BCUT2D eigenvalue weighted by Crippen LogP contribution is -2.29. The van der Waals surface area contributed by atoms with Crippen molar-refractivity contribution in [3.8, 4) is 28.4 Å². The molecule has 0 radical (unpaired) electrons. The van der Waals surface area contributed by atoms with Crippen molar-refractivity contribution in [3.63, 3.8) is 0 Å². The predicted octanol–water partition coefficient (Wildman–Crippen LogP) is 2.79. The van der Waals surface area contributed by atoms with E-state index in [4.69, 9.17) is 25.7 Å². The molecule has 2 rings (SSSR count). The van der Waals surface area contributed by atoms with E-state index in [9.17, 15) is 4.79 Å². The first-order chi connectivity index (χ1) is 13.5. The van der Waals surface area contributed by atoms with Crippen molar-refractivity contribution in [1.82, 2.24) is 5.32 Å². The van der Waals surface area contributed by atoms with Crippen molar-refractivity contribution in [2.45, 2.75) is 13.3 Å². The second kappa shape index (κ2) is 9.55. The number of para-hydroxylation sites is 1. The maximum absolute atomic E-state index is 12.0. The van der Waals surface area contributed by atoms with Crippen LogP contribution in [0, 0.1) is 0 Å². The molecule has 0 bridgehead atoms. The molecule has 0 unspecified atom stereocenters. The van der Waals surface area contributed by atoms with E-state index in [2.05, 4.69) is 5.32 Å². The smallest absolute Gasteiger partial charge is 0.267 e. The highest BCUT2D eigenvalue weighted by Crippen LogP contribution is 2.42. The summed E-state index contributed by atoms with van der Waals surface area (Å²) in [6, 6.07) is 9.16. The minimum atomic E-state index is -0.320. The average molecular weight is 385 g/mol. The molecule has 0 aliphatic heterocycles. The fraction of sp³-hybridized carbons (Fsp3) is 0.286. The molecule has 2 aromatic rings. The molecule has 28 heavy (non-hydrogen) atoms. The van der Waals surface area contributed by atoms with E-state index in [0.717, 1.165) is 17.5 Å². The summed E-state index contributed by atoms with van der Waals surface area (Å²) in [7, 11) is 4.66. The average Bonchev–Trinajstić information content (AvgIpc) is 2.72. The Morgan fingerprint density at radius 1 is 1.11 bits per heavy atom. The fourth-order valence-corrected chi connectivity index (χ4v) is 2.77. The van der Waals surface area contributed by atoms with Gasteiger partial charge in [0.1, 0.15) is 0 Å². The van der Waals surface area contributed by atoms with E-state index >= 15 is 0 Å². The molecule has 0 atom stereocenters. The molecule has 0 fully saturated rings.